The van der Waals surface area contributed by atoms with Gasteiger partial charge in [0.1, 0.15) is 5.82 Å². The predicted octanol–water partition coefficient (Wildman–Crippen LogP) is 2.07. The maximum absolute atomic E-state index is 12.6. The van der Waals surface area contributed by atoms with Crippen LogP contribution in [-0.2, 0) is 6.54 Å². The van der Waals surface area contributed by atoms with Crippen LogP contribution in [0, 0.1) is 5.82 Å². The summed E-state index contributed by atoms with van der Waals surface area (Å²) in [6.45, 7) is 6.07. The van der Waals surface area contributed by atoms with Crippen molar-refractivity contribution in [2.45, 2.75) is 39.0 Å². The maximum Gasteiger partial charge on any atom is 0.123 e. The van der Waals surface area contributed by atoms with E-state index in [0.29, 0.717) is 6.54 Å². The third-order valence-corrected chi connectivity index (χ3v) is 2.59. The van der Waals surface area contributed by atoms with Gasteiger partial charge in [-0.25, -0.2) is 4.39 Å². The molecule has 0 saturated heterocycles. The molecule has 1 rings (SSSR count). The Morgan fingerprint density at radius 2 is 1.87 bits per heavy atom. The van der Waals surface area contributed by atoms with E-state index in [0.717, 1.165) is 5.56 Å². The molecule has 0 heterocycles. The second-order valence-corrected chi connectivity index (χ2v) is 4.38. The van der Waals surface area contributed by atoms with Crippen LogP contribution in [0.15, 0.2) is 24.3 Å². The first-order chi connectivity index (χ1) is 6.89. The van der Waals surface area contributed by atoms with Crippen LogP contribution in [0.4, 0.5) is 4.39 Å². The van der Waals surface area contributed by atoms with Crippen LogP contribution >= 0.6 is 0 Å². The van der Waals surface area contributed by atoms with E-state index in [1.165, 1.54) is 12.1 Å². The minimum Gasteiger partial charge on any atom is -0.389 e. The molecule has 0 amide bonds. The molecule has 15 heavy (non-hydrogen) atoms. The van der Waals surface area contributed by atoms with E-state index >= 15 is 0 Å². The normalized spacial score (nSPS) is 13.9. The van der Waals surface area contributed by atoms with Crippen molar-refractivity contribution in [3.8, 4) is 0 Å². The summed E-state index contributed by atoms with van der Waals surface area (Å²) in [6, 6.07) is 6.33. The molecule has 0 spiro atoms. The maximum atomic E-state index is 12.6. The number of nitrogens with one attached hydrogen (secondary N) is 1. The van der Waals surface area contributed by atoms with E-state index in [4.69, 9.17) is 0 Å². The smallest absolute Gasteiger partial charge is 0.123 e. The number of aliphatic hydroxyl groups is 1. The summed E-state index contributed by atoms with van der Waals surface area (Å²) in [5.41, 5.74) is 0.257. The van der Waals surface area contributed by atoms with Crippen molar-refractivity contribution in [3.05, 3.63) is 35.6 Å². The highest BCUT2D eigenvalue weighted by molar-refractivity contribution is 5.15. The Morgan fingerprint density at radius 3 is 2.33 bits per heavy atom. The SMILES string of the molecule is CC(NCc1ccc(F)cc1)C(C)(C)O. The molecule has 2 nitrogen and oxygen atoms in total. The fourth-order valence-corrected chi connectivity index (χ4v) is 1.12. The molecule has 0 aliphatic heterocycles. The van der Waals surface area contributed by atoms with Gasteiger partial charge in [-0.2, -0.15) is 0 Å². The average molecular weight is 211 g/mol. The quantitative estimate of drug-likeness (QED) is 0.799. The van der Waals surface area contributed by atoms with Crippen molar-refractivity contribution in [1.82, 2.24) is 5.32 Å². The van der Waals surface area contributed by atoms with Gasteiger partial charge >= 0.3 is 0 Å². The van der Waals surface area contributed by atoms with Gasteiger partial charge in [0.25, 0.3) is 0 Å². The zero-order chi connectivity index (χ0) is 11.5. The predicted molar refractivity (Wildman–Crippen MR) is 59.0 cm³/mol. The summed E-state index contributed by atoms with van der Waals surface area (Å²) in [5, 5.41) is 12.9. The summed E-state index contributed by atoms with van der Waals surface area (Å²) in [6.07, 6.45) is 0. The van der Waals surface area contributed by atoms with Crippen molar-refractivity contribution in [2.75, 3.05) is 0 Å². The van der Waals surface area contributed by atoms with E-state index < -0.39 is 5.60 Å². The molecule has 0 radical (unpaired) electrons. The molecule has 1 aromatic carbocycles. The molecule has 0 fully saturated rings. The van der Waals surface area contributed by atoms with Crippen LogP contribution in [0.25, 0.3) is 0 Å². The van der Waals surface area contributed by atoms with E-state index in [-0.39, 0.29) is 11.9 Å². The molecule has 0 aliphatic carbocycles. The average Bonchev–Trinajstić information content (AvgIpc) is 2.15. The summed E-state index contributed by atoms with van der Waals surface area (Å²) in [7, 11) is 0. The van der Waals surface area contributed by atoms with E-state index in [9.17, 15) is 9.50 Å². The van der Waals surface area contributed by atoms with Crippen molar-refractivity contribution in [1.29, 1.82) is 0 Å². The van der Waals surface area contributed by atoms with E-state index in [2.05, 4.69) is 5.32 Å². The summed E-state index contributed by atoms with van der Waals surface area (Å²) >= 11 is 0. The molecule has 1 atom stereocenters. The summed E-state index contributed by atoms with van der Waals surface area (Å²) in [4.78, 5) is 0. The minimum absolute atomic E-state index is 0.0115. The van der Waals surface area contributed by atoms with Gasteiger partial charge in [0.05, 0.1) is 5.60 Å². The second kappa shape index (κ2) is 4.73. The van der Waals surface area contributed by atoms with Crippen molar-refractivity contribution in [3.63, 3.8) is 0 Å². The molecular formula is C12H18FNO. The monoisotopic (exact) mass is 211 g/mol. The van der Waals surface area contributed by atoms with Crippen molar-refractivity contribution >= 4 is 0 Å². The lowest BCUT2D eigenvalue weighted by molar-refractivity contribution is 0.0437. The number of hydrogen-bond donors (Lipinski definition) is 2. The van der Waals surface area contributed by atoms with Crippen LogP contribution in [0.5, 0.6) is 0 Å². The third kappa shape index (κ3) is 3.98. The van der Waals surface area contributed by atoms with Gasteiger partial charge in [-0.1, -0.05) is 12.1 Å². The van der Waals surface area contributed by atoms with Gasteiger partial charge in [-0.15, -0.1) is 0 Å². The first-order valence-electron chi connectivity index (χ1n) is 5.10. The first-order valence-corrected chi connectivity index (χ1v) is 5.10. The highest BCUT2D eigenvalue weighted by Crippen LogP contribution is 2.09. The zero-order valence-electron chi connectivity index (χ0n) is 9.42. The molecule has 0 bridgehead atoms. The summed E-state index contributed by atoms with van der Waals surface area (Å²) in [5.74, 6) is -0.228. The Hall–Kier alpha value is -0.930. The fraction of sp³-hybridized carbons (Fsp3) is 0.500. The standard InChI is InChI=1S/C12H18FNO/c1-9(12(2,3)15)14-8-10-4-6-11(13)7-5-10/h4-7,9,14-15H,8H2,1-3H3. The van der Waals surface area contributed by atoms with Gasteiger partial charge < -0.3 is 10.4 Å². The first kappa shape index (κ1) is 12.1. The number of hydrogen-bond acceptors (Lipinski definition) is 2. The van der Waals surface area contributed by atoms with Gasteiger partial charge in [0.15, 0.2) is 0 Å². The third-order valence-electron chi connectivity index (χ3n) is 2.59. The van der Waals surface area contributed by atoms with Crippen LogP contribution in [0.1, 0.15) is 26.3 Å². The molecule has 1 unspecified atom stereocenters. The Balaban J connectivity index is 2.47. The van der Waals surface area contributed by atoms with Crippen LogP contribution in [-0.4, -0.2) is 16.7 Å². The lowest BCUT2D eigenvalue weighted by atomic mass is 10.0. The Labute approximate surface area is 90.1 Å². The van der Waals surface area contributed by atoms with Crippen molar-refractivity contribution < 1.29 is 9.50 Å². The highest BCUT2D eigenvalue weighted by Gasteiger charge is 2.21. The lowest BCUT2D eigenvalue weighted by Gasteiger charge is -2.26. The Bertz CT molecular complexity index is 302. The molecule has 3 heteroatoms. The van der Waals surface area contributed by atoms with E-state index in [1.807, 2.05) is 6.92 Å². The van der Waals surface area contributed by atoms with Gasteiger partial charge in [0.2, 0.25) is 0 Å². The molecule has 0 aromatic heterocycles. The second-order valence-electron chi connectivity index (χ2n) is 4.38. The molecule has 1 aromatic rings. The molecular weight excluding hydrogens is 193 g/mol. The number of benzene rings is 1. The fourth-order valence-electron chi connectivity index (χ4n) is 1.12. The molecule has 84 valence electrons. The highest BCUT2D eigenvalue weighted by atomic mass is 19.1. The molecule has 0 saturated carbocycles. The Morgan fingerprint density at radius 1 is 1.33 bits per heavy atom. The van der Waals surface area contributed by atoms with Gasteiger partial charge in [-0.05, 0) is 38.5 Å². The Kier molecular flexibility index (Phi) is 3.83. The number of rotatable bonds is 4. The van der Waals surface area contributed by atoms with Crippen molar-refractivity contribution in [2.24, 2.45) is 0 Å². The lowest BCUT2D eigenvalue weighted by Crippen LogP contribution is -2.44. The van der Waals surface area contributed by atoms with Crippen LogP contribution in [0.2, 0.25) is 0 Å². The summed E-state index contributed by atoms with van der Waals surface area (Å²) < 4.78 is 12.6. The van der Waals surface area contributed by atoms with Gasteiger partial charge in [0, 0.05) is 12.6 Å². The molecule has 2 N–H and O–H groups in total. The van der Waals surface area contributed by atoms with Crippen LogP contribution < -0.4 is 5.32 Å². The zero-order valence-corrected chi connectivity index (χ0v) is 9.42. The topological polar surface area (TPSA) is 32.3 Å². The number of halogens is 1. The van der Waals surface area contributed by atoms with E-state index in [1.54, 1.807) is 26.0 Å². The van der Waals surface area contributed by atoms with Gasteiger partial charge in [-0.3, -0.25) is 0 Å². The minimum atomic E-state index is -0.750. The largest absolute Gasteiger partial charge is 0.389 e. The molecule has 0 aliphatic rings. The van der Waals surface area contributed by atoms with Crippen LogP contribution in [0.3, 0.4) is 0 Å².